The second kappa shape index (κ2) is 12.0. The van der Waals surface area contributed by atoms with Crippen molar-refractivity contribution in [3.63, 3.8) is 0 Å². The minimum Gasteiger partial charge on any atom is -0.444 e. The fourth-order valence-electron chi connectivity index (χ4n) is 2.98. The molecule has 0 saturated heterocycles. The Morgan fingerprint density at radius 2 is 1.77 bits per heavy atom. The zero-order valence-corrected chi connectivity index (χ0v) is 19.5. The van der Waals surface area contributed by atoms with Gasteiger partial charge in [0.1, 0.15) is 17.7 Å². The van der Waals surface area contributed by atoms with Gasteiger partial charge in [0.2, 0.25) is 11.8 Å². The number of benzene rings is 1. The van der Waals surface area contributed by atoms with E-state index in [1.54, 1.807) is 58.9 Å². The van der Waals surface area contributed by atoms with Crippen molar-refractivity contribution < 1.29 is 19.1 Å². The van der Waals surface area contributed by atoms with Crippen LogP contribution in [-0.2, 0) is 14.3 Å². The summed E-state index contributed by atoms with van der Waals surface area (Å²) in [5, 5.41) is 5.46. The Labute approximate surface area is 185 Å². The van der Waals surface area contributed by atoms with Crippen molar-refractivity contribution in [2.45, 2.75) is 72.1 Å². The number of unbranched alkanes of at least 4 members (excludes halogenated alkanes) is 1. The van der Waals surface area contributed by atoms with Crippen molar-refractivity contribution in [2.75, 3.05) is 13.1 Å². The highest BCUT2D eigenvalue weighted by Gasteiger charge is 2.33. The Bertz CT molecular complexity index is 791. The first-order valence-electron chi connectivity index (χ1n) is 10.7. The summed E-state index contributed by atoms with van der Waals surface area (Å²) in [6, 6.07) is 5.27. The van der Waals surface area contributed by atoms with E-state index in [1.807, 2.05) is 6.92 Å². The number of alkyl carbamates (subject to hydrolysis) is 1. The topological polar surface area (TPSA) is 87.7 Å². The van der Waals surface area contributed by atoms with Gasteiger partial charge in [-0.15, -0.1) is 6.42 Å². The molecule has 0 bridgehead atoms. The first-order valence-corrected chi connectivity index (χ1v) is 10.7. The number of terminal acetylenes is 1. The van der Waals surface area contributed by atoms with Gasteiger partial charge in [0, 0.05) is 18.7 Å². The van der Waals surface area contributed by atoms with Crippen LogP contribution in [-0.4, -0.2) is 47.5 Å². The van der Waals surface area contributed by atoms with Crippen LogP contribution in [0.4, 0.5) is 4.79 Å². The van der Waals surface area contributed by atoms with Gasteiger partial charge in [0.05, 0.1) is 0 Å². The highest BCUT2D eigenvalue weighted by atomic mass is 16.6. The van der Waals surface area contributed by atoms with Gasteiger partial charge in [-0.2, -0.15) is 0 Å². The van der Waals surface area contributed by atoms with Crippen LogP contribution in [0, 0.1) is 12.3 Å². The number of rotatable bonds is 9. The van der Waals surface area contributed by atoms with Gasteiger partial charge in [0.15, 0.2) is 0 Å². The van der Waals surface area contributed by atoms with E-state index in [-0.39, 0.29) is 18.4 Å². The molecule has 7 nitrogen and oxygen atoms in total. The van der Waals surface area contributed by atoms with Crippen molar-refractivity contribution >= 4 is 17.9 Å². The molecule has 31 heavy (non-hydrogen) atoms. The maximum atomic E-state index is 13.2. The van der Waals surface area contributed by atoms with E-state index >= 15 is 0 Å². The standard InChI is InChI=1S/C24H35N3O4/c1-8-11-16-25-21(28)20(19-14-12-18(9-2)13-15-19)27(10-3)22(29)17(4)26-23(30)31-24(5,6)7/h2,12-15,17,20H,8,10-11,16H2,1,3-7H3,(H,25,28)(H,26,30). The molecule has 0 radical (unpaired) electrons. The van der Waals surface area contributed by atoms with Gasteiger partial charge in [-0.1, -0.05) is 31.4 Å². The van der Waals surface area contributed by atoms with Crippen molar-refractivity contribution in [3.8, 4) is 12.3 Å². The smallest absolute Gasteiger partial charge is 0.408 e. The Morgan fingerprint density at radius 1 is 1.16 bits per heavy atom. The zero-order valence-electron chi connectivity index (χ0n) is 19.5. The Hall–Kier alpha value is -3.01. The zero-order chi connectivity index (χ0) is 23.6. The van der Waals surface area contributed by atoms with Gasteiger partial charge in [-0.25, -0.2) is 4.79 Å². The van der Waals surface area contributed by atoms with E-state index in [4.69, 9.17) is 11.2 Å². The highest BCUT2D eigenvalue weighted by Crippen LogP contribution is 2.23. The summed E-state index contributed by atoms with van der Waals surface area (Å²) in [6.07, 6.45) is 6.52. The van der Waals surface area contributed by atoms with Crippen LogP contribution < -0.4 is 10.6 Å². The molecule has 170 valence electrons. The lowest BCUT2D eigenvalue weighted by Gasteiger charge is -2.32. The van der Waals surface area contributed by atoms with Crippen molar-refractivity contribution in [3.05, 3.63) is 35.4 Å². The predicted octanol–water partition coefficient (Wildman–Crippen LogP) is 3.39. The summed E-state index contributed by atoms with van der Waals surface area (Å²) in [4.78, 5) is 39.8. The third kappa shape index (κ3) is 8.33. The van der Waals surface area contributed by atoms with Crippen LogP contribution in [0.2, 0.25) is 0 Å². The lowest BCUT2D eigenvalue weighted by molar-refractivity contribution is -0.141. The monoisotopic (exact) mass is 429 g/mol. The quantitative estimate of drug-likeness (QED) is 0.465. The Morgan fingerprint density at radius 3 is 2.26 bits per heavy atom. The number of amides is 3. The third-order valence-electron chi connectivity index (χ3n) is 4.51. The molecule has 2 atom stereocenters. The van der Waals surface area contributed by atoms with Gasteiger partial charge in [-0.05, 0) is 58.7 Å². The molecular weight excluding hydrogens is 394 g/mol. The lowest BCUT2D eigenvalue weighted by Crippen LogP contribution is -2.51. The number of likely N-dealkylation sites (N-methyl/N-ethyl adjacent to an activating group) is 1. The molecule has 0 aliphatic rings. The maximum Gasteiger partial charge on any atom is 0.408 e. The number of carbonyl (C=O) groups is 3. The average Bonchev–Trinajstić information content (AvgIpc) is 2.70. The van der Waals surface area contributed by atoms with Crippen LogP contribution in [0.25, 0.3) is 0 Å². The molecule has 0 aliphatic carbocycles. The summed E-state index contributed by atoms with van der Waals surface area (Å²) >= 11 is 0. The molecule has 1 rings (SSSR count). The number of nitrogens with one attached hydrogen (secondary N) is 2. The Kier molecular flexibility index (Phi) is 10.1. The van der Waals surface area contributed by atoms with Crippen molar-refractivity contribution in [2.24, 2.45) is 0 Å². The number of hydrogen-bond donors (Lipinski definition) is 2. The van der Waals surface area contributed by atoms with E-state index < -0.39 is 23.8 Å². The van der Waals surface area contributed by atoms with Crippen LogP contribution in [0.1, 0.15) is 71.6 Å². The number of nitrogens with zero attached hydrogens (tertiary/aromatic N) is 1. The minimum atomic E-state index is -0.870. The van der Waals surface area contributed by atoms with E-state index in [0.29, 0.717) is 17.7 Å². The molecular formula is C24H35N3O4. The molecule has 7 heteroatoms. The van der Waals surface area contributed by atoms with E-state index in [9.17, 15) is 14.4 Å². The largest absolute Gasteiger partial charge is 0.444 e. The lowest BCUT2D eigenvalue weighted by atomic mass is 10.0. The predicted molar refractivity (Wildman–Crippen MR) is 121 cm³/mol. The van der Waals surface area contributed by atoms with Crippen molar-refractivity contribution in [1.82, 2.24) is 15.5 Å². The first-order chi connectivity index (χ1) is 14.5. The molecule has 0 aromatic heterocycles. The van der Waals surface area contributed by atoms with Crippen molar-refractivity contribution in [1.29, 1.82) is 0 Å². The fourth-order valence-corrected chi connectivity index (χ4v) is 2.98. The van der Waals surface area contributed by atoms with Gasteiger partial charge in [0.25, 0.3) is 0 Å². The third-order valence-corrected chi connectivity index (χ3v) is 4.51. The first kappa shape index (κ1) is 26.0. The van der Waals surface area contributed by atoms with E-state index in [0.717, 1.165) is 12.8 Å². The highest BCUT2D eigenvalue weighted by molar-refractivity contribution is 5.91. The van der Waals surface area contributed by atoms with Crippen LogP contribution in [0.5, 0.6) is 0 Å². The average molecular weight is 430 g/mol. The maximum absolute atomic E-state index is 13.2. The second-order valence-electron chi connectivity index (χ2n) is 8.31. The summed E-state index contributed by atoms with van der Waals surface area (Å²) in [5.74, 6) is 1.89. The molecule has 0 saturated carbocycles. The molecule has 0 aliphatic heterocycles. The second-order valence-corrected chi connectivity index (χ2v) is 8.31. The van der Waals surface area contributed by atoms with Gasteiger partial charge in [-0.3, -0.25) is 9.59 Å². The number of hydrogen-bond acceptors (Lipinski definition) is 4. The molecule has 3 amide bonds. The summed E-state index contributed by atoms with van der Waals surface area (Å²) in [7, 11) is 0. The molecule has 2 unspecified atom stereocenters. The number of ether oxygens (including phenoxy) is 1. The van der Waals surface area contributed by atoms with Crippen LogP contribution in [0.3, 0.4) is 0 Å². The molecule has 2 N–H and O–H groups in total. The van der Waals surface area contributed by atoms with Crippen LogP contribution >= 0.6 is 0 Å². The van der Waals surface area contributed by atoms with Gasteiger partial charge < -0.3 is 20.3 Å². The van der Waals surface area contributed by atoms with E-state index in [2.05, 4.69) is 16.6 Å². The summed E-state index contributed by atoms with van der Waals surface area (Å²) < 4.78 is 5.24. The van der Waals surface area contributed by atoms with E-state index in [1.165, 1.54) is 4.90 Å². The summed E-state index contributed by atoms with van der Waals surface area (Å²) in [6.45, 7) is 11.4. The van der Waals surface area contributed by atoms with Gasteiger partial charge >= 0.3 is 6.09 Å². The normalized spacial score (nSPS) is 12.8. The molecule has 0 spiro atoms. The molecule has 0 heterocycles. The van der Waals surface area contributed by atoms with Crippen LogP contribution in [0.15, 0.2) is 24.3 Å². The molecule has 0 fully saturated rings. The molecule has 1 aromatic rings. The number of carbonyl (C=O) groups excluding carboxylic acids is 3. The minimum absolute atomic E-state index is 0.276. The SMILES string of the molecule is C#Cc1ccc(C(C(=O)NCCCC)N(CC)C(=O)C(C)NC(=O)OC(C)(C)C)cc1. The summed E-state index contributed by atoms with van der Waals surface area (Å²) in [5.41, 5.74) is 0.647. The fraction of sp³-hybridized carbons (Fsp3) is 0.542. The Balaban J connectivity index is 3.13. The molecule has 1 aromatic carbocycles.